The summed E-state index contributed by atoms with van der Waals surface area (Å²) in [7, 11) is 0. The summed E-state index contributed by atoms with van der Waals surface area (Å²) in [5.74, 6) is -0.182. The van der Waals surface area contributed by atoms with Gasteiger partial charge in [-0.15, -0.1) is 0 Å². The number of nitrogens with two attached hydrogens (primary N) is 2. The van der Waals surface area contributed by atoms with Gasteiger partial charge in [0.05, 0.1) is 12.6 Å². The molecule has 19 heavy (non-hydrogen) atoms. The quantitative estimate of drug-likeness (QED) is 0.601. The summed E-state index contributed by atoms with van der Waals surface area (Å²) in [6, 6.07) is -0.277. The van der Waals surface area contributed by atoms with Gasteiger partial charge in [0.25, 0.3) is 0 Å². The normalized spacial score (nSPS) is 20.8. The Morgan fingerprint density at radius 2 is 1.95 bits per heavy atom. The van der Waals surface area contributed by atoms with Crippen molar-refractivity contribution in [1.82, 2.24) is 10.2 Å². The highest BCUT2D eigenvalue weighted by Gasteiger charge is 2.25. The maximum absolute atomic E-state index is 11.9. The van der Waals surface area contributed by atoms with Crippen LogP contribution in [-0.4, -0.2) is 48.4 Å². The number of amides is 2. The van der Waals surface area contributed by atoms with Crippen LogP contribution in [0.25, 0.3) is 0 Å². The molecular formula is C13H26N4O2. The predicted molar refractivity (Wildman–Crippen MR) is 74.2 cm³/mol. The Morgan fingerprint density at radius 3 is 2.42 bits per heavy atom. The number of primary amides is 1. The van der Waals surface area contributed by atoms with E-state index < -0.39 is 6.04 Å². The molecule has 1 heterocycles. The molecule has 0 radical (unpaired) electrons. The monoisotopic (exact) mass is 270 g/mol. The highest BCUT2D eigenvalue weighted by atomic mass is 16.2. The number of piperidine rings is 1. The molecule has 0 spiro atoms. The fourth-order valence-corrected chi connectivity index (χ4v) is 2.27. The highest BCUT2D eigenvalue weighted by molar-refractivity contribution is 5.82. The summed E-state index contributed by atoms with van der Waals surface area (Å²) in [4.78, 5) is 24.8. The molecule has 0 aliphatic carbocycles. The second-order valence-corrected chi connectivity index (χ2v) is 5.44. The molecule has 0 bridgehead atoms. The summed E-state index contributed by atoms with van der Waals surface area (Å²) < 4.78 is 0. The van der Waals surface area contributed by atoms with Crippen LogP contribution in [0.3, 0.4) is 0 Å². The van der Waals surface area contributed by atoms with E-state index >= 15 is 0 Å². The van der Waals surface area contributed by atoms with Gasteiger partial charge in [0.1, 0.15) is 0 Å². The molecule has 1 saturated heterocycles. The Kier molecular flexibility index (Phi) is 6.24. The number of nitrogens with one attached hydrogen (secondary N) is 1. The maximum atomic E-state index is 11.9. The Morgan fingerprint density at radius 1 is 1.37 bits per heavy atom. The lowest BCUT2D eigenvalue weighted by atomic mass is 9.98. The molecule has 1 fully saturated rings. The molecule has 2 amide bonds. The topological polar surface area (TPSA) is 101 Å². The zero-order valence-corrected chi connectivity index (χ0v) is 11.9. The molecule has 0 unspecified atom stereocenters. The SMILES string of the molecule is CC[C@H](C)[C@H](N)C(=O)NC1CCN(CC(N)=O)CC1. The van der Waals surface area contributed by atoms with Crippen molar-refractivity contribution in [2.45, 2.75) is 45.2 Å². The van der Waals surface area contributed by atoms with Crippen LogP contribution in [0.1, 0.15) is 33.1 Å². The van der Waals surface area contributed by atoms with Crippen molar-refractivity contribution in [2.24, 2.45) is 17.4 Å². The van der Waals surface area contributed by atoms with Crippen LogP contribution >= 0.6 is 0 Å². The van der Waals surface area contributed by atoms with E-state index in [0.717, 1.165) is 32.4 Å². The van der Waals surface area contributed by atoms with E-state index in [4.69, 9.17) is 11.5 Å². The molecule has 0 aromatic rings. The van der Waals surface area contributed by atoms with E-state index in [1.54, 1.807) is 0 Å². The van der Waals surface area contributed by atoms with E-state index in [1.165, 1.54) is 0 Å². The van der Waals surface area contributed by atoms with Crippen molar-refractivity contribution in [2.75, 3.05) is 19.6 Å². The minimum absolute atomic E-state index is 0.0669. The number of carbonyl (C=O) groups is 2. The first-order valence-corrected chi connectivity index (χ1v) is 7.00. The second kappa shape index (κ2) is 7.45. The molecule has 0 aromatic carbocycles. The lowest BCUT2D eigenvalue weighted by Gasteiger charge is -2.32. The van der Waals surface area contributed by atoms with Crippen LogP contribution < -0.4 is 16.8 Å². The van der Waals surface area contributed by atoms with Gasteiger partial charge in [-0.2, -0.15) is 0 Å². The van der Waals surface area contributed by atoms with E-state index in [9.17, 15) is 9.59 Å². The van der Waals surface area contributed by atoms with Gasteiger partial charge < -0.3 is 16.8 Å². The summed E-state index contributed by atoms with van der Waals surface area (Å²) in [5.41, 5.74) is 11.1. The van der Waals surface area contributed by atoms with E-state index in [0.29, 0.717) is 6.54 Å². The molecular weight excluding hydrogens is 244 g/mol. The van der Waals surface area contributed by atoms with E-state index in [2.05, 4.69) is 5.32 Å². The highest BCUT2D eigenvalue weighted by Crippen LogP contribution is 2.11. The van der Waals surface area contributed by atoms with Gasteiger partial charge in [-0.25, -0.2) is 0 Å². The maximum Gasteiger partial charge on any atom is 0.237 e. The first-order valence-electron chi connectivity index (χ1n) is 7.00. The summed E-state index contributed by atoms with van der Waals surface area (Å²) in [6.45, 7) is 5.88. The number of nitrogens with zero attached hydrogens (tertiary/aromatic N) is 1. The molecule has 5 N–H and O–H groups in total. The van der Waals surface area contributed by atoms with E-state index in [1.807, 2.05) is 18.7 Å². The molecule has 6 heteroatoms. The van der Waals surface area contributed by atoms with Crippen molar-refractivity contribution in [1.29, 1.82) is 0 Å². The van der Waals surface area contributed by atoms with Gasteiger partial charge in [0.2, 0.25) is 11.8 Å². The Balaban J connectivity index is 2.32. The van der Waals surface area contributed by atoms with Crippen LogP contribution in [0, 0.1) is 5.92 Å². The Bertz CT molecular complexity index is 314. The van der Waals surface area contributed by atoms with Gasteiger partial charge in [-0.3, -0.25) is 14.5 Å². The average molecular weight is 270 g/mol. The fraction of sp³-hybridized carbons (Fsp3) is 0.846. The summed E-state index contributed by atoms with van der Waals surface area (Å²) in [5, 5.41) is 3.00. The molecule has 0 saturated carbocycles. The number of rotatable bonds is 6. The average Bonchev–Trinajstić information content (AvgIpc) is 2.38. The van der Waals surface area contributed by atoms with Gasteiger partial charge in [-0.05, 0) is 18.8 Å². The smallest absolute Gasteiger partial charge is 0.237 e. The van der Waals surface area contributed by atoms with Crippen molar-refractivity contribution in [3.8, 4) is 0 Å². The van der Waals surface area contributed by atoms with Crippen molar-refractivity contribution in [3.63, 3.8) is 0 Å². The largest absolute Gasteiger partial charge is 0.369 e. The van der Waals surface area contributed by atoms with Crippen LogP contribution in [0.5, 0.6) is 0 Å². The van der Waals surface area contributed by atoms with Crippen LogP contribution in [0.4, 0.5) is 0 Å². The lowest BCUT2D eigenvalue weighted by molar-refractivity contribution is -0.125. The standard InChI is InChI=1S/C13H26N4O2/c1-3-9(2)12(15)13(19)16-10-4-6-17(7-5-10)8-11(14)18/h9-10,12H,3-8,15H2,1-2H3,(H2,14,18)(H,16,19)/t9-,12-/m0/s1. The molecule has 1 aliphatic rings. The van der Waals surface area contributed by atoms with Gasteiger partial charge >= 0.3 is 0 Å². The van der Waals surface area contributed by atoms with Crippen molar-refractivity contribution >= 4 is 11.8 Å². The third-order valence-electron chi connectivity index (χ3n) is 3.87. The molecule has 2 atom stereocenters. The molecule has 110 valence electrons. The van der Waals surface area contributed by atoms with Crippen molar-refractivity contribution < 1.29 is 9.59 Å². The predicted octanol–water partition coefficient (Wildman–Crippen LogP) is -0.574. The zero-order valence-electron chi connectivity index (χ0n) is 11.9. The Labute approximate surface area is 114 Å². The third-order valence-corrected chi connectivity index (χ3v) is 3.87. The molecule has 6 nitrogen and oxygen atoms in total. The van der Waals surface area contributed by atoms with Crippen LogP contribution in [0.2, 0.25) is 0 Å². The van der Waals surface area contributed by atoms with Crippen molar-refractivity contribution in [3.05, 3.63) is 0 Å². The number of hydrogen-bond acceptors (Lipinski definition) is 4. The lowest BCUT2D eigenvalue weighted by Crippen LogP contribution is -2.52. The van der Waals surface area contributed by atoms with Gasteiger partial charge in [0, 0.05) is 19.1 Å². The first kappa shape index (κ1) is 15.9. The number of hydrogen-bond donors (Lipinski definition) is 3. The van der Waals surface area contributed by atoms with Gasteiger partial charge in [0.15, 0.2) is 0 Å². The van der Waals surface area contributed by atoms with Crippen LogP contribution in [-0.2, 0) is 9.59 Å². The zero-order chi connectivity index (χ0) is 14.4. The first-order chi connectivity index (χ1) is 8.93. The van der Waals surface area contributed by atoms with Gasteiger partial charge in [-0.1, -0.05) is 20.3 Å². The third kappa shape index (κ3) is 5.16. The molecule has 1 aliphatic heterocycles. The summed E-state index contributed by atoms with van der Waals surface area (Å²) in [6.07, 6.45) is 2.57. The number of likely N-dealkylation sites (tertiary alicyclic amines) is 1. The molecule has 0 aromatic heterocycles. The Hall–Kier alpha value is -1.14. The van der Waals surface area contributed by atoms with Crippen LogP contribution in [0.15, 0.2) is 0 Å². The molecule has 1 rings (SSSR count). The minimum atomic E-state index is -0.436. The minimum Gasteiger partial charge on any atom is -0.369 e. The number of carbonyl (C=O) groups excluding carboxylic acids is 2. The summed E-state index contributed by atoms with van der Waals surface area (Å²) >= 11 is 0. The van der Waals surface area contributed by atoms with E-state index in [-0.39, 0.29) is 23.8 Å². The fourth-order valence-electron chi connectivity index (χ4n) is 2.27. The second-order valence-electron chi connectivity index (χ2n) is 5.44.